The molecule has 0 spiro atoms. The number of nitrogens with one attached hydrogen (secondary N) is 2. The molecule has 24 heavy (non-hydrogen) atoms. The van der Waals surface area contributed by atoms with Crippen LogP contribution in [0.25, 0.3) is 0 Å². The molecule has 1 saturated carbocycles. The molecule has 0 unspecified atom stereocenters. The van der Waals surface area contributed by atoms with Gasteiger partial charge in [-0.2, -0.15) is 0 Å². The van der Waals surface area contributed by atoms with Crippen LogP contribution >= 0.6 is 24.0 Å². The molecule has 0 amide bonds. The number of benzene rings is 1. The van der Waals surface area contributed by atoms with Crippen molar-refractivity contribution < 1.29 is 9.47 Å². The van der Waals surface area contributed by atoms with Crippen LogP contribution in [0.4, 0.5) is 0 Å². The maximum atomic E-state index is 6.17. The van der Waals surface area contributed by atoms with Crippen molar-refractivity contribution in [2.45, 2.75) is 44.8 Å². The lowest BCUT2D eigenvalue weighted by Gasteiger charge is -2.18. The number of rotatable bonds is 8. The summed E-state index contributed by atoms with van der Waals surface area (Å²) in [5, 5.41) is 6.63. The first kappa shape index (κ1) is 21.0. The van der Waals surface area contributed by atoms with Crippen LogP contribution < -0.4 is 15.4 Å². The minimum Gasteiger partial charge on any atom is -0.490 e. The van der Waals surface area contributed by atoms with Gasteiger partial charge in [0.15, 0.2) is 5.96 Å². The third-order valence-corrected chi connectivity index (χ3v) is 4.06. The molecule has 6 heteroatoms. The second-order valence-corrected chi connectivity index (χ2v) is 5.83. The number of halogens is 1. The Hall–Kier alpha value is -1.02. The first-order valence-corrected chi connectivity index (χ1v) is 8.51. The lowest BCUT2D eigenvalue weighted by Crippen LogP contribution is -2.37. The zero-order valence-corrected chi connectivity index (χ0v) is 17.0. The Morgan fingerprint density at radius 2 is 1.96 bits per heavy atom. The molecule has 1 fully saturated rings. The van der Waals surface area contributed by atoms with Crippen LogP contribution in [-0.2, 0) is 11.3 Å². The van der Waals surface area contributed by atoms with Crippen LogP contribution in [0.15, 0.2) is 29.3 Å². The van der Waals surface area contributed by atoms with Crippen LogP contribution in [0.2, 0.25) is 0 Å². The Kier molecular flexibility index (Phi) is 10.8. The second-order valence-electron chi connectivity index (χ2n) is 5.83. The third-order valence-electron chi connectivity index (χ3n) is 4.06. The quantitative estimate of drug-likeness (QED) is 0.278. The minimum absolute atomic E-state index is 0. The molecule has 0 heterocycles. The van der Waals surface area contributed by atoms with Gasteiger partial charge in [-0.3, -0.25) is 4.99 Å². The molecule has 1 aliphatic carbocycles. The number of hydrogen-bond acceptors (Lipinski definition) is 3. The molecule has 136 valence electrons. The van der Waals surface area contributed by atoms with Crippen molar-refractivity contribution in [2.24, 2.45) is 4.99 Å². The van der Waals surface area contributed by atoms with Gasteiger partial charge in [-0.1, -0.05) is 18.2 Å². The highest BCUT2D eigenvalue weighted by Crippen LogP contribution is 2.26. The average Bonchev–Trinajstić information content (AvgIpc) is 3.08. The molecule has 0 aromatic heterocycles. The van der Waals surface area contributed by atoms with Crippen molar-refractivity contribution in [3.63, 3.8) is 0 Å². The lowest BCUT2D eigenvalue weighted by atomic mass is 10.2. The summed E-state index contributed by atoms with van der Waals surface area (Å²) in [6, 6.07) is 8.25. The fourth-order valence-corrected chi connectivity index (χ4v) is 2.77. The second kappa shape index (κ2) is 12.4. The van der Waals surface area contributed by atoms with E-state index in [4.69, 9.17) is 9.47 Å². The van der Waals surface area contributed by atoms with Crippen molar-refractivity contribution in [3.05, 3.63) is 29.8 Å². The summed E-state index contributed by atoms with van der Waals surface area (Å²) in [4.78, 5) is 4.25. The molecule has 2 rings (SSSR count). The molecule has 2 N–H and O–H groups in total. The molecular weight excluding hydrogens is 417 g/mol. The molecule has 1 aromatic rings. The summed E-state index contributed by atoms with van der Waals surface area (Å²) in [6.45, 7) is 2.29. The van der Waals surface area contributed by atoms with Gasteiger partial charge in [0.05, 0.1) is 6.10 Å². The van der Waals surface area contributed by atoms with Gasteiger partial charge >= 0.3 is 0 Å². The highest BCUT2D eigenvalue weighted by molar-refractivity contribution is 14.0. The maximum absolute atomic E-state index is 6.17. The van der Waals surface area contributed by atoms with E-state index >= 15 is 0 Å². The smallest absolute Gasteiger partial charge is 0.191 e. The monoisotopic (exact) mass is 447 g/mol. The van der Waals surface area contributed by atoms with E-state index in [2.05, 4.69) is 27.8 Å². The number of nitrogens with zero attached hydrogens (tertiary/aromatic N) is 1. The van der Waals surface area contributed by atoms with Crippen LogP contribution in [0.1, 0.15) is 37.7 Å². The molecular formula is C18H30IN3O2. The van der Waals surface area contributed by atoms with E-state index in [-0.39, 0.29) is 24.0 Å². The Balaban J connectivity index is 0.00000288. The van der Waals surface area contributed by atoms with Gasteiger partial charge in [0.25, 0.3) is 0 Å². The highest BCUT2D eigenvalue weighted by atomic mass is 127. The number of para-hydroxylation sites is 1. The Morgan fingerprint density at radius 3 is 2.67 bits per heavy atom. The Labute approximate surface area is 162 Å². The van der Waals surface area contributed by atoms with Gasteiger partial charge in [-0.25, -0.2) is 0 Å². The summed E-state index contributed by atoms with van der Waals surface area (Å²) in [5.41, 5.74) is 1.17. The van der Waals surface area contributed by atoms with Crippen molar-refractivity contribution >= 4 is 29.9 Å². The van der Waals surface area contributed by atoms with E-state index in [0.717, 1.165) is 31.3 Å². The fourth-order valence-electron chi connectivity index (χ4n) is 2.77. The third kappa shape index (κ3) is 7.25. The lowest BCUT2D eigenvalue weighted by molar-refractivity contribution is 0.195. The Bertz CT molecular complexity index is 491. The minimum atomic E-state index is 0. The van der Waals surface area contributed by atoms with Gasteiger partial charge in [0.1, 0.15) is 5.75 Å². The fraction of sp³-hybridized carbons (Fsp3) is 0.611. The number of guanidine groups is 1. The first-order chi connectivity index (χ1) is 11.3. The van der Waals surface area contributed by atoms with E-state index < -0.39 is 0 Å². The molecule has 5 nitrogen and oxygen atoms in total. The topological polar surface area (TPSA) is 54.9 Å². The van der Waals surface area contributed by atoms with Crippen molar-refractivity contribution in [1.82, 2.24) is 10.6 Å². The highest BCUT2D eigenvalue weighted by Gasteiger charge is 2.17. The van der Waals surface area contributed by atoms with E-state index in [9.17, 15) is 0 Å². The number of aliphatic imine (C=N–C) groups is 1. The van der Waals surface area contributed by atoms with Crippen LogP contribution in [0.3, 0.4) is 0 Å². The predicted molar refractivity (Wildman–Crippen MR) is 109 cm³/mol. The van der Waals surface area contributed by atoms with Gasteiger partial charge in [-0.05, 0) is 38.2 Å². The van der Waals surface area contributed by atoms with Gasteiger partial charge < -0.3 is 20.1 Å². The summed E-state index contributed by atoms with van der Waals surface area (Å²) in [6.07, 6.45) is 6.24. The number of methoxy groups -OCH3 is 1. The summed E-state index contributed by atoms with van der Waals surface area (Å²) < 4.78 is 11.2. The molecule has 0 aliphatic heterocycles. The zero-order chi connectivity index (χ0) is 16.3. The van der Waals surface area contributed by atoms with Gasteiger partial charge in [-0.15, -0.1) is 24.0 Å². The Morgan fingerprint density at radius 1 is 1.21 bits per heavy atom. The molecule has 0 saturated heterocycles. The van der Waals surface area contributed by atoms with E-state index in [1.807, 2.05) is 12.1 Å². The van der Waals surface area contributed by atoms with Crippen LogP contribution in [-0.4, -0.2) is 39.4 Å². The molecule has 0 bridgehead atoms. The molecule has 1 aliphatic rings. The van der Waals surface area contributed by atoms with Crippen molar-refractivity contribution in [1.29, 1.82) is 0 Å². The SMILES string of the molecule is CN=C(NCCCOC)NCc1ccccc1OC1CCCC1.I. The normalized spacial score (nSPS) is 15.0. The van der Waals surface area contributed by atoms with Gasteiger partial charge in [0.2, 0.25) is 0 Å². The van der Waals surface area contributed by atoms with E-state index in [1.165, 1.54) is 31.2 Å². The first-order valence-electron chi connectivity index (χ1n) is 8.51. The van der Waals surface area contributed by atoms with Crippen LogP contribution in [0, 0.1) is 0 Å². The van der Waals surface area contributed by atoms with Crippen molar-refractivity contribution in [2.75, 3.05) is 27.3 Å². The predicted octanol–water partition coefficient (Wildman–Crippen LogP) is 3.33. The standard InChI is InChI=1S/C18H29N3O2.HI/c1-19-18(20-12-7-13-22-2)21-14-15-8-3-6-11-17(15)23-16-9-4-5-10-16;/h3,6,8,11,16H,4-5,7,9-10,12-14H2,1-2H3,(H2,19,20,21);1H. The summed E-state index contributed by atoms with van der Waals surface area (Å²) >= 11 is 0. The largest absolute Gasteiger partial charge is 0.490 e. The van der Waals surface area contributed by atoms with E-state index in [1.54, 1.807) is 14.2 Å². The number of ether oxygens (including phenoxy) is 2. The number of hydrogen-bond donors (Lipinski definition) is 2. The molecule has 0 radical (unpaired) electrons. The van der Waals surface area contributed by atoms with Crippen molar-refractivity contribution in [3.8, 4) is 5.75 Å². The van der Waals surface area contributed by atoms with Gasteiger partial charge in [0, 0.05) is 39.4 Å². The molecule has 1 aromatic carbocycles. The molecule has 0 atom stereocenters. The zero-order valence-electron chi connectivity index (χ0n) is 14.7. The summed E-state index contributed by atoms with van der Waals surface area (Å²) in [5.74, 6) is 1.79. The van der Waals surface area contributed by atoms with E-state index in [0.29, 0.717) is 12.6 Å². The maximum Gasteiger partial charge on any atom is 0.191 e. The summed E-state index contributed by atoms with van der Waals surface area (Å²) in [7, 11) is 3.50. The average molecular weight is 447 g/mol. The van der Waals surface area contributed by atoms with Crippen LogP contribution in [0.5, 0.6) is 5.75 Å².